The van der Waals surface area contributed by atoms with Gasteiger partial charge in [-0.1, -0.05) is 12.1 Å². The topological polar surface area (TPSA) is 83.8 Å². The maximum absolute atomic E-state index is 13.0. The fraction of sp³-hybridized carbons (Fsp3) is 0.391. The molecule has 3 aromatic rings. The van der Waals surface area contributed by atoms with E-state index < -0.39 is 5.91 Å². The molecule has 2 aliphatic rings. The lowest BCUT2D eigenvalue weighted by molar-refractivity contribution is -0.129. The standard InChI is InChI=1S/C23H24N4O3S/c28-20(26-11-3-4-12-26)13-15-7-9-16(10-8-15)25-21(29)17-14-24-23-27(22(17)30)18-5-1-2-6-19(18)31-23/h7-10,14H,1-6,11-13H2,(H,25,29). The Morgan fingerprint density at radius 3 is 2.55 bits per heavy atom. The van der Waals surface area contributed by atoms with Gasteiger partial charge in [-0.2, -0.15) is 0 Å². The molecule has 0 unspecified atom stereocenters. The van der Waals surface area contributed by atoms with E-state index in [4.69, 9.17) is 0 Å². The second kappa shape index (κ2) is 8.26. The highest BCUT2D eigenvalue weighted by molar-refractivity contribution is 7.17. The minimum absolute atomic E-state index is 0.0389. The zero-order valence-corrected chi connectivity index (χ0v) is 18.0. The molecule has 7 nitrogen and oxygen atoms in total. The van der Waals surface area contributed by atoms with Crippen LogP contribution < -0.4 is 10.9 Å². The Bertz CT molecular complexity index is 1210. The Labute approximate surface area is 183 Å². The van der Waals surface area contributed by atoms with Gasteiger partial charge in [0, 0.05) is 35.5 Å². The highest BCUT2D eigenvalue weighted by Crippen LogP contribution is 2.28. The maximum atomic E-state index is 13.0. The van der Waals surface area contributed by atoms with Crippen molar-refractivity contribution in [2.45, 2.75) is 44.9 Å². The smallest absolute Gasteiger partial charge is 0.271 e. The highest BCUT2D eigenvalue weighted by atomic mass is 32.1. The Kier molecular flexibility index (Phi) is 5.31. The molecule has 0 atom stereocenters. The van der Waals surface area contributed by atoms with Crippen LogP contribution in [0.1, 0.15) is 52.2 Å². The minimum atomic E-state index is -0.469. The average Bonchev–Trinajstić information content (AvgIpc) is 3.43. The van der Waals surface area contributed by atoms with Gasteiger partial charge in [0.15, 0.2) is 4.96 Å². The van der Waals surface area contributed by atoms with Crippen LogP contribution in [0.15, 0.2) is 35.3 Å². The van der Waals surface area contributed by atoms with E-state index in [2.05, 4.69) is 10.3 Å². The SMILES string of the molecule is O=C(Nc1ccc(CC(=O)N2CCCC2)cc1)c1cnc2sc3c(n2c1=O)CCCC3. The Morgan fingerprint density at radius 2 is 1.77 bits per heavy atom. The number of rotatable bonds is 4. The first-order valence-electron chi connectivity index (χ1n) is 10.8. The summed E-state index contributed by atoms with van der Waals surface area (Å²) in [5.41, 5.74) is 2.22. The van der Waals surface area contributed by atoms with Crippen LogP contribution in [0.3, 0.4) is 0 Å². The molecule has 2 aromatic heterocycles. The lowest BCUT2D eigenvalue weighted by Gasteiger charge is -2.15. The van der Waals surface area contributed by atoms with Gasteiger partial charge in [-0.05, 0) is 56.2 Å². The Balaban J connectivity index is 1.32. The number of aromatic nitrogens is 2. The molecule has 160 valence electrons. The van der Waals surface area contributed by atoms with Crippen LogP contribution in [-0.4, -0.2) is 39.2 Å². The first kappa shape index (κ1) is 19.9. The van der Waals surface area contributed by atoms with Crippen molar-refractivity contribution in [1.29, 1.82) is 0 Å². The van der Waals surface area contributed by atoms with E-state index in [0.717, 1.165) is 62.9 Å². The third-order valence-electron chi connectivity index (χ3n) is 6.07. The van der Waals surface area contributed by atoms with Crippen molar-refractivity contribution in [3.8, 4) is 0 Å². The molecule has 1 saturated heterocycles. The second-order valence-electron chi connectivity index (χ2n) is 8.19. The number of thiazole rings is 1. The number of benzene rings is 1. The van der Waals surface area contributed by atoms with Crippen LogP contribution in [0.2, 0.25) is 0 Å². The lowest BCUT2D eigenvalue weighted by atomic mass is 10.0. The number of hydrogen-bond acceptors (Lipinski definition) is 5. The molecule has 0 radical (unpaired) electrons. The van der Waals surface area contributed by atoms with Crippen molar-refractivity contribution in [1.82, 2.24) is 14.3 Å². The number of carbonyl (C=O) groups is 2. The Morgan fingerprint density at radius 1 is 1.03 bits per heavy atom. The summed E-state index contributed by atoms with van der Waals surface area (Å²) in [6, 6.07) is 7.21. The van der Waals surface area contributed by atoms with Crippen molar-refractivity contribution in [2.24, 2.45) is 0 Å². The first-order valence-corrected chi connectivity index (χ1v) is 11.6. The van der Waals surface area contributed by atoms with Gasteiger partial charge < -0.3 is 10.2 Å². The van der Waals surface area contributed by atoms with Gasteiger partial charge in [-0.25, -0.2) is 4.98 Å². The van der Waals surface area contributed by atoms with Crippen molar-refractivity contribution in [3.63, 3.8) is 0 Å². The normalized spacial score (nSPS) is 15.8. The van der Waals surface area contributed by atoms with Crippen molar-refractivity contribution in [2.75, 3.05) is 18.4 Å². The molecule has 1 aromatic carbocycles. The molecule has 8 heteroatoms. The number of aryl methyl sites for hydroxylation is 2. The first-order chi connectivity index (χ1) is 15.1. The fourth-order valence-corrected chi connectivity index (χ4v) is 5.55. The van der Waals surface area contributed by atoms with Crippen molar-refractivity contribution < 1.29 is 9.59 Å². The number of amides is 2. The van der Waals surface area contributed by atoms with E-state index in [-0.39, 0.29) is 17.0 Å². The summed E-state index contributed by atoms with van der Waals surface area (Å²) in [7, 11) is 0. The highest BCUT2D eigenvalue weighted by Gasteiger charge is 2.22. The maximum Gasteiger partial charge on any atom is 0.271 e. The van der Waals surface area contributed by atoms with Crippen molar-refractivity contribution in [3.05, 3.63) is 62.5 Å². The minimum Gasteiger partial charge on any atom is -0.342 e. The summed E-state index contributed by atoms with van der Waals surface area (Å²) >= 11 is 1.54. The van der Waals surface area contributed by atoms with E-state index in [0.29, 0.717) is 17.1 Å². The van der Waals surface area contributed by atoms with Gasteiger partial charge in [-0.3, -0.25) is 18.8 Å². The third kappa shape index (κ3) is 3.87. The molecule has 3 heterocycles. The lowest BCUT2D eigenvalue weighted by Crippen LogP contribution is -2.29. The average molecular weight is 437 g/mol. The fourth-order valence-electron chi connectivity index (χ4n) is 4.38. The molecule has 1 N–H and O–H groups in total. The molecular weight excluding hydrogens is 412 g/mol. The molecule has 2 amide bonds. The summed E-state index contributed by atoms with van der Waals surface area (Å²) in [6.07, 6.45) is 7.88. The summed E-state index contributed by atoms with van der Waals surface area (Å²) < 4.78 is 1.61. The monoisotopic (exact) mass is 436 g/mol. The van der Waals surface area contributed by atoms with Crippen LogP contribution >= 0.6 is 11.3 Å². The van der Waals surface area contributed by atoms with Crippen molar-refractivity contribution >= 4 is 33.8 Å². The quantitative estimate of drug-likeness (QED) is 0.681. The summed E-state index contributed by atoms with van der Waals surface area (Å²) in [4.78, 5) is 46.2. The Hall–Kier alpha value is -3.00. The van der Waals surface area contributed by atoms with Crippen LogP contribution in [0, 0.1) is 0 Å². The third-order valence-corrected chi connectivity index (χ3v) is 7.23. The van der Waals surface area contributed by atoms with E-state index in [9.17, 15) is 14.4 Å². The van der Waals surface area contributed by atoms with Crippen LogP contribution in [0.25, 0.3) is 4.96 Å². The van der Waals surface area contributed by atoms with Gasteiger partial charge in [0.1, 0.15) is 5.56 Å². The van der Waals surface area contributed by atoms with Gasteiger partial charge in [0.2, 0.25) is 5.91 Å². The molecule has 5 rings (SSSR count). The number of carbonyl (C=O) groups excluding carboxylic acids is 2. The number of hydrogen-bond donors (Lipinski definition) is 1. The van der Waals surface area contributed by atoms with Gasteiger partial charge in [0.25, 0.3) is 11.5 Å². The molecular formula is C23H24N4O3S. The zero-order valence-electron chi connectivity index (χ0n) is 17.2. The van der Waals surface area contributed by atoms with Gasteiger partial charge in [0.05, 0.1) is 6.42 Å². The molecule has 31 heavy (non-hydrogen) atoms. The largest absolute Gasteiger partial charge is 0.342 e. The summed E-state index contributed by atoms with van der Waals surface area (Å²) in [5.74, 6) is -0.329. The summed E-state index contributed by atoms with van der Waals surface area (Å²) in [6.45, 7) is 1.68. The van der Waals surface area contributed by atoms with E-state index in [1.165, 1.54) is 11.1 Å². The number of anilines is 1. The number of likely N-dealkylation sites (tertiary alicyclic amines) is 1. The number of fused-ring (bicyclic) bond motifs is 3. The number of nitrogens with zero attached hydrogens (tertiary/aromatic N) is 3. The number of nitrogens with one attached hydrogen (secondary N) is 1. The molecule has 0 bridgehead atoms. The molecule has 0 spiro atoms. The summed E-state index contributed by atoms with van der Waals surface area (Å²) in [5, 5.41) is 2.79. The van der Waals surface area contributed by atoms with Crippen LogP contribution in [0.4, 0.5) is 5.69 Å². The predicted molar refractivity (Wildman–Crippen MR) is 120 cm³/mol. The molecule has 1 aliphatic heterocycles. The van der Waals surface area contributed by atoms with E-state index >= 15 is 0 Å². The van der Waals surface area contributed by atoms with Gasteiger partial charge >= 0.3 is 0 Å². The van der Waals surface area contributed by atoms with Crippen LogP contribution in [-0.2, 0) is 24.1 Å². The van der Waals surface area contributed by atoms with E-state index in [1.54, 1.807) is 27.9 Å². The van der Waals surface area contributed by atoms with E-state index in [1.807, 2.05) is 17.0 Å². The zero-order chi connectivity index (χ0) is 21.4. The molecule has 0 saturated carbocycles. The molecule has 1 fully saturated rings. The molecule has 1 aliphatic carbocycles. The van der Waals surface area contributed by atoms with Gasteiger partial charge in [-0.15, -0.1) is 11.3 Å². The van der Waals surface area contributed by atoms with Crippen LogP contribution in [0.5, 0.6) is 0 Å². The predicted octanol–water partition coefficient (Wildman–Crippen LogP) is 3.05. The second-order valence-corrected chi connectivity index (χ2v) is 9.25.